The number of halogens is 1. The van der Waals surface area contributed by atoms with Gasteiger partial charge >= 0.3 is 0 Å². The van der Waals surface area contributed by atoms with E-state index < -0.39 is 15.8 Å². The fourth-order valence-corrected chi connectivity index (χ4v) is 4.24. The van der Waals surface area contributed by atoms with Gasteiger partial charge in [0.25, 0.3) is 0 Å². The van der Waals surface area contributed by atoms with Gasteiger partial charge in [0.1, 0.15) is 5.82 Å². The smallest absolute Gasteiger partial charge is 0.240 e. The van der Waals surface area contributed by atoms with Crippen LogP contribution in [0.2, 0.25) is 0 Å². The molecule has 3 rings (SSSR count). The minimum atomic E-state index is -3.73. The maximum atomic E-state index is 13.3. The number of rotatable bonds is 6. The van der Waals surface area contributed by atoms with Crippen molar-refractivity contribution in [3.63, 3.8) is 0 Å². The van der Waals surface area contributed by atoms with Crippen molar-refractivity contribution in [2.75, 3.05) is 13.1 Å². The minimum Gasteiger partial charge on any atom is -0.338 e. The number of nitrogens with zero attached hydrogens (tertiary/aromatic N) is 1. The lowest BCUT2D eigenvalue weighted by Gasteiger charge is -2.17. The monoisotopic (exact) mass is 376 g/mol. The van der Waals surface area contributed by atoms with Gasteiger partial charge in [0.15, 0.2) is 0 Å². The normalized spacial score (nSPS) is 17.7. The second-order valence-corrected chi connectivity index (χ2v) is 8.36. The van der Waals surface area contributed by atoms with Gasteiger partial charge in [0.2, 0.25) is 15.9 Å². The molecule has 0 aliphatic carbocycles. The van der Waals surface area contributed by atoms with Crippen molar-refractivity contribution in [3.05, 3.63) is 65.5 Å². The van der Waals surface area contributed by atoms with Crippen LogP contribution in [-0.2, 0) is 21.4 Å². The van der Waals surface area contributed by atoms with E-state index in [4.69, 9.17) is 0 Å². The number of amides is 1. The number of sulfonamides is 1. The van der Waals surface area contributed by atoms with Crippen molar-refractivity contribution in [3.8, 4) is 0 Å². The topological polar surface area (TPSA) is 66.5 Å². The summed E-state index contributed by atoms with van der Waals surface area (Å²) < 4.78 is 40.6. The standard InChI is InChI=1S/C19H21FN2O3S/c1-14-9-17(7-8-18(14)20)26(24,25)21-11-16-10-19(23)22(13-16)12-15-5-3-2-4-6-15/h2-9,16,21H,10-13H2,1H3. The molecule has 1 heterocycles. The van der Waals surface area contributed by atoms with Crippen LogP contribution in [0.4, 0.5) is 4.39 Å². The van der Waals surface area contributed by atoms with Crippen molar-refractivity contribution in [1.82, 2.24) is 9.62 Å². The Hall–Kier alpha value is -2.25. The van der Waals surface area contributed by atoms with E-state index in [-0.39, 0.29) is 28.8 Å². The van der Waals surface area contributed by atoms with Crippen LogP contribution in [0.1, 0.15) is 17.5 Å². The molecule has 1 amide bonds. The Bertz CT molecular complexity index is 900. The Morgan fingerprint density at radius 3 is 2.62 bits per heavy atom. The molecule has 0 radical (unpaired) electrons. The molecule has 1 saturated heterocycles. The van der Waals surface area contributed by atoms with E-state index in [1.165, 1.54) is 19.1 Å². The molecule has 26 heavy (non-hydrogen) atoms. The highest BCUT2D eigenvalue weighted by Crippen LogP contribution is 2.21. The molecule has 138 valence electrons. The summed E-state index contributed by atoms with van der Waals surface area (Å²) in [5.41, 5.74) is 1.32. The highest BCUT2D eigenvalue weighted by atomic mass is 32.2. The number of likely N-dealkylation sites (tertiary alicyclic amines) is 1. The number of carbonyl (C=O) groups excluding carboxylic acids is 1. The van der Waals surface area contributed by atoms with E-state index in [1.54, 1.807) is 4.90 Å². The Morgan fingerprint density at radius 1 is 1.19 bits per heavy atom. The number of hydrogen-bond donors (Lipinski definition) is 1. The Morgan fingerprint density at radius 2 is 1.92 bits per heavy atom. The molecule has 0 bridgehead atoms. The van der Waals surface area contributed by atoms with E-state index in [2.05, 4.69) is 4.72 Å². The van der Waals surface area contributed by atoms with Gasteiger partial charge in [-0.3, -0.25) is 4.79 Å². The molecular formula is C19H21FN2O3S. The number of benzene rings is 2. The molecular weight excluding hydrogens is 355 g/mol. The first-order valence-electron chi connectivity index (χ1n) is 8.42. The van der Waals surface area contributed by atoms with Crippen LogP contribution in [0.3, 0.4) is 0 Å². The lowest BCUT2D eigenvalue weighted by molar-refractivity contribution is -0.128. The van der Waals surface area contributed by atoms with E-state index in [0.29, 0.717) is 19.5 Å². The molecule has 1 N–H and O–H groups in total. The molecule has 2 aromatic carbocycles. The average Bonchev–Trinajstić information content (AvgIpc) is 2.96. The summed E-state index contributed by atoms with van der Waals surface area (Å²) >= 11 is 0. The largest absolute Gasteiger partial charge is 0.338 e. The van der Waals surface area contributed by atoms with Gasteiger partial charge in [-0.2, -0.15) is 0 Å². The highest BCUT2D eigenvalue weighted by Gasteiger charge is 2.30. The van der Waals surface area contributed by atoms with E-state index in [1.807, 2.05) is 30.3 Å². The third-order valence-corrected chi connectivity index (χ3v) is 5.93. The molecule has 1 atom stereocenters. The van der Waals surface area contributed by atoms with Crippen LogP contribution in [0.25, 0.3) is 0 Å². The average molecular weight is 376 g/mol. The molecule has 0 saturated carbocycles. The number of nitrogens with one attached hydrogen (secondary N) is 1. The number of hydrogen-bond acceptors (Lipinski definition) is 3. The fraction of sp³-hybridized carbons (Fsp3) is 0.316. The van der Waals surface area contributed by atoms with Gasteiger partial charge in [0, 0.05) is 26.1 Å². The first-order valence-corrected chi connectivity index (χ1v) is 9.91. The first-order chi connectivity index (χ1) is 12.3. The van der Waals surface area contributed by atoms with Crippen molar-refractivity contribution in [2.45, 2.75) is 24.8 Å². The summed E-state index contributed by atoms with van der Waals surface area (Å²) in [6, 6.07) is 13.4. The van der Waals surface area contributed by atoms with Crippen LogP contribution >= 0.6 is 0 Å². The van der Waals surface area contributed by atoms with Gasteiger partial charge in [-0.05, 0) is 42.2 Å². The second-order valence-electron chi connectivity index (χ2n) is 6.59. The molecule has 1 aliphatic heterocycles. The van der Waals surface area contributed by atoms with E-state index in [0.717, 1.165) is 11.6 Å². The van der Waals surface area contributed by atoms with Gasteiger partial charge in [-0.15, -0.1) is 0 Å². The molecule has 1 aliphatic rings. The second kappa shape index (κ2) is 7.55. The summed E-state index contributed by atoms with van der Waals surface area (Å²) in [4.78, 5) is 13.9. The van der Waals surface area contributed by atoms with Crippen LogP contribution in [0, 0.1) is 18.7 Å². The molecule has 2 aromatic rings. The van der Waals surface area contributed by atoms with Gasteiger partial charge in [-0.25, -0.2) is 17.5 Å². The lowest BCUT2D eigenvalue weighted by atomic mass is 10.1. The van der Waals surface area contributed by atoms with Crippen LogP contribution < -0.4 is 4.72 Å². The predicted molar refractivity (Wildman–Crippen MR) is 96.3 cm³/mol. The quantitative estimate of drug-likeness (QED) is 0.842. The maximum absolute atomic E-state index is 13.3. The van der Waals surface area contributed by atoms with Gasteiger partial charge < -0.3 is 4.90 Å². The Kier molecular flexibility index (Phi) is 5.38. The summed E-state index contributed by atoms with van der Waals surface area (Å²) in [5.74, 6) is -0.500. The summed E-state index contributed by atoms with van der Waals surface area (Å²) in [6.45, 7) is 2.74. The summed E-state index contributed by atoms with van der Waals surface area (Å²) in [6.07, 6.45) is 0.317. The van der Waals surface area contributed by atoms with E-state index in [9.17, 15) is 17.6 Å². The first kappa shape index (κ1) is 18.5. The van der Waals surface area contributed by atoms with Crippen molar-refractivity contribution in [2.24, 2.45) is 5.92 Å². The van der Waals surface area contributed by atoms with Crippen LogP contribution in [0.15, 0.2) is 53.4 Å². The molecule has 1 unspecified atom stereocenters. The third kappa shape index (κ3) is 4.28. The molecule has 0 spiro atoms. The zero-order chi connectivity index (χ0) is 18.7. The number of aryl methyl sites for hydroxylation is 1. The summed E-state index contributed by atoms with van der Waals surface area (Å²) in [7, 11) is -3.73. The van der Waals surface area contributed by atoms with Gasteiger partial charge in [-0.1, -0.05) is 30.3 Å². The molecule has 5 nitrogen and oxygen atoms in total. The Labute approximate surface area is 152 Å². The van der Waals surface area contributed by atoms with Gasteiger partial charge in [0.05, 0.1) is 4.90 Å². The predicted octanol–water partition coefficient (Wildman–Crippen LogP) is 2.46. The number of carbonyl (C=O) groups is 1. The van der Waals surface area contributed by atoms with E-state index >= 15 is 0 Å². The zero-order valence-corrected chi connectivity index (χ0v) is 15.3. The molecule has 7 heteroatoms. The van der Waals surface area contributed by atoms with Crippen molar-refractivity contribution in [1.29, 1.82) is 0 Å². The highest BCUT2D eigenvalue weighted by molar-refractivity contribution is 7.89. The lowest BCUT2D eigenvalue weighted by Crippen LogP contribution is -2.31. The van der Waals surface area contributed by atoms with Crippen molar-refractivity contribution < 1.29 is 17.6 Å². The molecule has 1 fully saturated rings. The summed E-state index contributed by atoms with van der Waals surface area (Å²) in [5, 5.41) is 0. The SMILES string of the molecule is Cc1cc(S(=O)(=O)NCC2CC(=O)N(Cc3ccccc3)C2)ccc1F. The van der Waals surface area contributed by atoms with Crippen LogP contribution in [-0.4, -0.2) is 32.3 Å². The minimum absolute atomic E-state index is 0.0238. The maximum Gasteiger partial charge on any atom is 0.240 e. The van der Waals surface area contributed by atoms with Crippen LogP contribution in [0.5, 0.6) is 0 Å². The Balaban J connectivity index is 1.59. The van der Waals surface area contributed by atoms with Crippen molar-refractivity contribution >= 4 is 15.9 Å². The third-order valence-electron chi connectivity index (χ3n) is 4.51. The fourth-order valence-electron chi connectivity index (χ4n) is 3.04. The molecule has 0 aromatic heterocycles. The zero-order valence-electron chi connectivity index (χ0n) is 14.5.